The van der Waals surface area contributed by atoms with Crippen molar-refractivity contribution in [2.45, 2.75) is 36.6 Å². The van der Waals surface area contributed by atoms with E-state index in [2.05, 4.69) is 0 Å². The van der Waals surface area contributed by atoms with Crippen molar-refractivity contribution in [2.24, 2.45) is 0 Å². The lowest BCUT2D eigenvalue weighted by molar-refractivity contribution is -0.130. The SMILES string of the molecule is COc1ccc(S(=O)(=O)N(CC(=O)N(C)C2CCCC2)c2ccc(F)cc2)cc1OC. The van der Waals surface area contributed by atoms with Gasteiger partial charge >= 0.3 is 0 Å². The van der Waals surface area contributed by atoms with Gasteiger partial charge in [0.25, 0.3) is 10.0 Å². The average molecular weight is 451 g/mol. The Morgan fingerprint density at radius 3 is 2.23 bits per heavy atom. The molecule has 0 aromatic heterocycles. The summed E-state index contributed by atoms with van der Waals surface area (Å²) in [5.74, 6) is -0.189. The van der Waals surface area contributed by atoms with Gasteiger partial charge in [0.05, 0.1) is 24.8 Å². The van der Waals surface area contributed by atoms with E-state index in [1.54, 1.807) is 11.9 Å². The van der Waals surface area contributed by atoms with Gasteiger partial charge in [0.1, 0.15) is 12.4 Å². The van der Waals surface area contributed by atoms with Crippen LogP contribution in [0, 0.1) is 5.82 Å². The van der Waals surface area contributed by atoms with E-state index in [1.807, 2.05) is 0 Å². The first-order chi connectivity index (χ1) is 14.8. The van der Waals surface area contributed by atoms with Crippen LogP contribution in [0.1, 0.15) is 25.7 Å². The second-order valence-electron chi connectivity index (χ2n) is 7.45. The minimum atomic E-state index is -4.15. The molecule has 0 N–H and O–H groups in total. The molecular weight excluding hydrogens is 423 g/mol. The predicted molar refractivity (Wildman–Crippen MR) is 116 cm³/mol. The van der Waals surface area contributed by atoms with Crippen molar-refractivity contribution in [3.8, 4) is 11.5 Å². The Morgan fingerprint density at radius 1 is 1.03 bits per heavy atom. The molecule has 1 fully saturated rings. The third-order valence-electron chi connectivity index (χ3n) is 5.60. The fourth-order valence-corrected chi connectivity index (χ4v) is 5.19. The molecule has 1 aliphatic rings. The summed E-state index contributed by atoms with van der Waals surface area (Å²) in [5.41, 5.74) is 0.198. The highest BCUT2D eigenvalue weighted by molar-refractivity contribution is 7.92. The molecule has 0 radical (unpaired) electrons. The molecule has 0 aliphatic heterocycles. The lowest BCUT2D eigenvalue weighted by Gasteiger charge is -2.29. The molecule has 1 saturated carbocycles. The van der Waals surface area contributed by atoms with Gasteiger partial charge in [-0.15, -0.1) is 0 Å². The second-order valence-corrected chi connectivity index (χ2v) is 9.31. The lowest BCUT2D eigenvalue weighted by Crippen LogP contribution is -2.44. The molecule has 9 heteroatoms. The maximum atomic E-state index is 13.5. The quantitative estimate of drug-likeness (QED) is 0.616. The molecule has 0 saturated heterocycles. The van der Waals surface area contributed by atoms with Crippen molar-refractivity contribution in [1.29, 1.82) is 0 Å². The fourth-order valence-electron chi connectivity index (χ4n) is 3.76. The number of methoxy groups -OCH3 is 2. The topological polar surface area (TPSA) is 76.2 Å². The predicted octanol–water partition coefficient (Wildman–Crippen LogP) is 3.44. The number of sulfonamides is 1. The monoisotopic (exact) mass is 450 g/mol. The van der Waals surface area contributed by atoms with Crippen molar-refractivity contribution >= 4 is 21.6 Å². The van der Waals surface area contributed by atoms with E-state index in [-0.39, 0.29) is 28.3 Å². The minimum absolute atomic E-state index is 0.0641. The summed E-state index contributed by atoms with van der Waals surface area (Å²) in [5, 5.41) is 0. The zero-order chi connectivity index (χ0) is 22.6. The van der Waals surface area contributed by atoms with Gasteiger partial charge < -0.3 is 14.4 Å². The number of rotatable bonds is 8. The van der Waals surface area contributed by atoms with Crippen LogP contribution in [0.3, 0.4) is 0 Å². The lowest BCUT2D eigenvalue weighted by atomic mass is 10.2. The fraction of sp³-hybridized carbons (Fsp3) is 0.409. The van der Waals surface area contributed by atoms with Gasteiger partial charge in [-0.2, -0.15) is 0 Å². The number of amides is 1. The summed E-state index contributed by atoms with van der Waals surface area (Å²) < 4.78 is 51.9. The Bertz CT molecular complexity index is 1020. The molecule has 2 aromatic carbocycles. The maximum absolute atomic E-state index is 13.5. The van der Waals surface area contributed by atoms with Crippen molar-refractivity contribution in [1.82, 2.24) is 4.90 Å². The first kappa shape index (κ1) is 22.9. The Kier molecular flexibility index (Phi) is 7.04. The number of hydrogen-bond donors (Lipinski definition) is 0. The third-order valence-corrected chi connectivity index (χ3v) is 7.37. The maximum Gasteiger partial charge on any atom is 0.264 e. The van der Waals surface area contributed by atoms with Gasteiger partial charge in [0.2, 0.25) is 5.91 Å². The van der Waals surface area contributed by atoms with Crippen molar-refractivity contribution < 1.29 is 27.1 Å². The van der Waals surface area contributed by atoms with Crippen LogP contribution in [0.15, 0.2) is 47.4 Å². The molecule has 0 heterocycles. The molecule has 7 nitrogen and oxygen atoms in total. The Balaban J connectivity index is 1.99. The number of halogens is 1. The number of carbonyl (C=O) groups excluding carboxylic acids is 1. The zero-order valence-corrected chi connectivity index (χ0v) is 18.7. The van der Waals surface area contributed by atoms with Gasteiger partial charge in [-0.25, -0.2) is 12.8 Å². The van der Waals surface area contributed by atoms with Crippen LogP contribution in [0.2, 0.25) is 0 Å². The van der Waals surface area contributed by atoms with Crippen molar-refractivity contribution in [3.05, 3.63) is 48.3 Å². The van der Waals surface area contributed by atoms with Crippen LogP contribution in [0.5, 0.6) is 11.5 Å². The number of benzene rings is 2. The van der Waals surface area contributed by atoms with Crippen LogP contribution in [0.4, 0.5) is 10.1 Å². The van der Waals surface area contributed by atoms with E-state index in [0.29, 0.717) is 5.75 Å². The van der Waals surface area contributed by atoms with Gasteiger partial charge in [-0.05, 0) is 49.2 Å². The normalized spacial score (nSPS) is 14.3. The molecule has 0 atom stereocenters. The number of hydrogen-bond acceptors (Lipinski definition) is 5. The average Bonchev–Trinajstić information content (AvgIpc) is 3.31. The summed E-state index contributed by atoms with van der Waals surface area (Å²) >= 11 is 0. The van der Waals surface area contributed by atoms with Crippen LogP contribution in [-0.4, -0.2) is 53.1 Å². The smallest absolute Gasteiger partial charge is 0.264 e. The first-order valence-corrected chi connectivity index (χ1v) is 11.5. The highest BCUT2D eigenvalue weighted by atomic mass is 32.2. The van der Waals surface area contributed by atoms with E-state index in [0.717, 1.165) is 42.1 Å². The Labute approximate surface area is 182 Å². The van der Waals surface area contributed by atoms with E-state index in [4.69, 9.17) is 9.47 Å². The van der Waals surface area contributed by atoms with E-state index in [9.17, 15) is 17.6 Å². The third kappa shape index (κ3) is 4.92. The second kappa shape index (κ2) is 9.55. The van der Waals surface area contributed by atoms with Crippen LogP contribution in [0.25, 0.3) is 0 Å². The van der Waals surface area contributed by atoms with E-state index < -0.39 is 22.4 Å². The standard InChI is InChI=1S/C22H27FN2O5S/c1-24(17-6-4-5-7-17)22(26)15-25(18-10-8-16(23)9-11-18)31(27,28)19-12-13-20(29-2)21(14-19)30-3/h8-14,17H,4-7,15H2,1-3H3. The summed E-state index contributed by atoms with van der Waals surface area (Å²) in [6.07, 6.45) is 3.91. The molecule has 0 spiro atoms. The Morgan fingerprint density at radius 2 is 1.65 bits per heavy atom. The van der Waals surface area contributed by atoms with Gasteiger partial charge in [-0.1, -0.05) is 12.8 Å². The van der Waals surface area contributed by atoms with Crippen molar-refractivity contribution in [2.75, 3.05) is 32.1 Å². The van der Waals surface area contributed by atoms with Gasteiger partial charge in [0, 0.05) is 19.2 Å². The van der Waals surface area contributed by atoms with Gasteiger partial charge in [-0.3, -0.25) is 9.10 Å². The van der Waals surface area contributed by atoms with Crippen LogP contribution >= 0.6 is 0 Å². The highest BCUT2D eigenvalue weighted by Crippen LogP contribution is 2.32. The number of nitrogens with zero attached hydrogens (tertiary/aromatic N) is 2. The highest BCUT2D eigenvalue weighted by Gasteiger charge is 2.31. The number of likely N-dealkylation sites (N-methyl/N-ethyl adjacent to an activating group) is 1. The molecular formula is C22H27FN2O5S. The molecule has 0 bridgehead atoms. The molecule has 1 aliphatic carbocycles. The summed E-state index contributed by atoms with van der Waals surface area (Å²) in [6.45, 7) is -0.394. The van der Waals surface area contributed by atoms with Crippen LogP contribution in [-0.2, 0) is 14.8 Å². The molecule has 31 heavy (non-hydrogen) atoms. The zero-order valence-electron chi connectivity index (χ0n) is 17.9. The van der Waals surface area contributed by atoms with E-state index in [1.165, 1.54) is 44.6 Å². The first-order valence-electron chi connectivity index (χ1n) is 10.0. The largest absolute Gasteiger partial charge is 0.493 e. The molecule has 2 aromatic rings. The number of anilines is 1. The Hall–Kier alpha value is -2.81. The van der Waals surface area contributed by atoms with Crippen molar-refractivity contribution in [3.63, 3.8) is 0 Å². The summed E-state index contributed by atoms with van der Waals surface area (Å²) in [4.78, 5) is 14.5. The summed E-state index contributed by atoms with van der Waals surface area (Å²) in [6, 6.07) is 9.34. The molecule has 1 amide bonds. The molecule has 3 rings (SSSR count). The number of carbonyl (C=O) groups is 1. The molecule has 0 unspecified atom stereocenters. The van der Waals surface area contributed by atoms with E-state index >= 15 is 0 Å². The number of ether oxygens (including phenoxy) is 2. The summed E-state index contributed by atoms with van der Waals surface area (Å²) in [7, 11) is 0.411. The van der Waals surface area contributed by atoms with Gasteiger partial charge in [0.15, 0.2) is 11.5 Å². The van der Waals surface area contributed by atoms with Crippen LogP contribution < -0.4 is 13.8 Å². The molecule has 168 valence electrons. The minimum Gasteiger partial charge on any atom is -0.493 e.